The Labute approximate surface area is 110 Å². The Morgan fingerprint density at radius 3 is 2.61 bits per heavy atom. The van der Waals surface area contributed by atoms with Crippen LogP contribution in [0.1, 0.15) is 44.9 Å². The molecule has 2 atom stereocenters. The van der Waals surface area contributed by atoms with E-state index in [0.717, 1.165) is 32.5 Å². The van der Waals surface area contributed by atoms with Crippen molar-refractivity contribution in [3.8, 4) is 0 Å². The molecule has 1 amide bonds. The molecule has 1 heterocycles. The molecule has 0 spiro atoms. The molecule has 2 aliphatic rings. The van der Waals surface area contributed by atoms with Crippen LogP contribution in [0.2, 0.25) is 0 Å². The van der Waals surface area contributed by atoms with Crippen molar-refractivity contribution in [3.63, 3.8) is 0 Å². The van der Waals surface area contributed by atoms with Gasteiger partial charge in [0.15, 0.2) is 0 Å². The summed E-state index contributed by atoms with van der Waals surface area (Å²) in [6, 6.07) is 0.316. The predicted octanol–water partition coefficient (Wildman–Crippen LogP) is 1.44. The van der Waals surface area contributed by atoms with Gasteiger partial charge in [-0.25, -0.2) is 0 Å². The van der Waals surface area contributed by atoms with E-state index < -0.39 is 0 Å². The standard InChI is InChI=1S/C14H26N2O2/c15-10-12-3-1-2-4-13(12)16-14(17)9-11-5-7-18-8-6-11/h11-13H,1-10,15H2,(H,16,17). The zero-order valence-electron chi connectivity index (χ0n) is 11.2. The predicted molar refractivity (Wildman–Crippen MR) is 71.1 cm³/mol. The van der Waals surface area contributed by atoms with Crippen LogP contribution in [0.5, 0.6) is 0 Å². The van der Waals surface area contributed by atoms with Crippen molar-refractivity contribution in [1.29, 1.82) is 0 Å². The van der Waals surface area contributed by atoms with Crippen molar-refractivity contribution in [2.45, 2.75) is 51.0 Å². The molecule has 0 aromatic carbocycles. The average molecular weight is 254 g/mol. The fourth-order valence-electron chi connectivity index (χ4n) is 3.16. The number of ether oxygens (including phenoxy) is 1. The van der Waals surface area contributed by atoms with Crippen LogP contribution in [0.25, 0.3) is 0 Å². The highest BCUT2D eigenvalue weighted by Gasteiger charge is 2.26. The zero-order chi connectivity index (χ0) is 12.8. The largest absolute Gasteiger partial charge is 0.381 e. The van der Waals surface area contributed by atoms with E-state index in [1.165, 1.54) is 19.3 Å². The zero-order valence-corrected chi connectivity index (χ0v) is 11.2. The molecular weight excluding hydrogens is 228 g/mol. The Morgan fingerprint density at radius 1 is 1.17 bits per heavy atom. The topological polar surface area (TPSA) is 64.3 Å². The highest BCUT2D eigenvalue weighted by molar-refractivity contribution is 5.76. The smallest absolute Gasteiger partial charge is 0.220 e. The summed E-state index contributed by atoms with van der Waals surface area (Å²) in [5.74, 6) is 1.21. The molecule has 0 aromatic rings. The van der Waals surface area contributed by atoms with Gasteiger partial charge in [0.05, 0.1) is 0 Å². The average Bonchev–Trinajstić information content (AvgIpc) is 2.40. The molecule has 3 N–H and O–H groups in total. The SMILES string of the molecule is NCC1CCCCC1NC(=O)CC1CCOCC1. The summed E-state index contributed by atoms with van der Waals surface area (Å²) >= 11 is 0. The molecule has 0 bridgehead atoms. The first kappa shape index (κ1) is 13.8. The summed E-state index contributed by atoms with van der Waals surface area (Å²) in [6.45, 7) is 2.32. The molecule has 0 radical (unpaired) electrons. The van der Waals surface area contributed by atoms with Gasteiger partial charge in [-0.1, -0.05) is 12.8 Å². The fourth-order valence-corrected chi connectivity index (χ4v) is 3.16. The Hall–Kier alpha value is -0.610. The lowest BCUT2D eigenvalue weighted by Gasteiger charge is -2.32. The van der Waals surface area contributed by atoms with Gasteiger partial charge in [0, 0.05) is 25.7 Å². The van der Waals surface area contributed by atoms with Gasteiger partial charge >= 0.3 is 0 Å². The van der Waals surface area contributed by atoms with Gasteiger partial charge < -0.3 is 15.8 Å². The van der Waals surface area contributed by atoms with Crippen LogP contribution >= 0.6 is 0 Å². The molecule has 1 saturated heterocycles. The first-order valence-corrected chi connectivity index (χ1v) is 7.36. The Morgan fingerprint density at radius 2 is 1.89 bits per heavy atom. The first-order valence-electron chi connectivity index (χ1n) is 7.36. The van der Waals surface area contributed by atoms with Crippen LogP contribution < -0.4 is 11.1 Å². The summed E-state index contributed by atoms with van der Waals surface area (Å²) in [6.07, 6.45) is 7.46. The van der Waals surface area contributed by atoms with E-state index in [2.05, 4.69) is 5.32 Å². The minimum absolute atomic E-state index is 0.215. The van der Waals surface area contributed by atoms with Gasteiger partial charge in [0.1, 0.15) is 0 Å². The van der Waals surface area contributed by atoms with E-state index in [1.54, 1.807) is 0 Å². The monoisotopic (exact) mass is 254 g/mol. The van der Waals surface area contributed by atoms with Gasteiger partial charge in [0.25, 0.3) is 0 Å². The number of carbonyl (C=O) groups excluding carboxylic acids is 1. The van der Waals surface area contributed by atoms with Crippen molar-refractivity contribution < 1.29 is 9.53 Å². The molecule has 4 heteroatoms. The maximum atomic E-state index is 12.0. The molecule has 4 nitrogen and oxygen atoms in total. The van der Waals surface area contributed by atoms with Gasteiger partial charge in [-0.15, -0.1) is 0 Å². The summed E-state index contributed by atoms with van der Waals surface area (Å²) in [5, 5.41) is 3.21. The molecule has 104 valence electrons. The number of nitrogens with one attached hydrogen (secondary N) is 1. The first-order chi connectivity index (χ1) is 8.79. The molecule has 1 aliphatic carbocycles. The van der Waals surface area contributed by atoms with E-state index in [9.17, 15) is 4.79 Å². The Kier molecular flexibility index (Phi) is 5.45. The second-order valence-electron chi connectivity index (χ2n) is 5.71. The number of hydrogen-bond donors (Lipinski definition) is 2. The summed E-state index contributed by atoms with van der Waals surface area (Å²) < 4.78 is 5.32. The Balaban J connectivity index is 1.75. The number of hydrogen-bond acceptors (Lipinski definition) is 3. The lowest BCUT2D eigenvalue weighted by atomic mass is 9.84. The van der Waals surface area contributed by atoms with Crippen molar-refractivity contribution in [2.75, 3.05) is 19.8 Å². The molecule has 2 rings (SSSR count). The van der Waals surface area contributed by atoms with Gasteiger partial charge in [-0.3, -0.25) is 4.79 Å². The lowest BCUT2D eigenvalue weighted by Crippen LogP contribution is -2.45. The van der Waals surface area contributed by atoms with Crippen molar-refractivity contribution in [2.24, 2.45) is 17.6 Å². The fraction of sp³-hybridized carbons (Fsp3) is 0.929. The van der Waals surface area contributed by atoms with Crippen LogP contribution in [0.3, 0.4) is 0 Å². The van der Waals surface area contributed by atoms with Crippen molar-refractivity contribution in [3.05, 3.63) is 0 Å². The molecule has 18 heavy (non-hydrogen) atoms. The normalized spacial score (nSPS) is 30.1. The maximum Gasteiger partial charge on any atom is 0.220 e. The van der Waals surface area contributed by atoms with E-state index in [0.29, 0.717) is 30.8 Å². The number of nitrogens with two attached hydrogens (primary N) is 1. The molecule has 2 unspecified atom stereocenters. The van der Waals surface area contributed by atoms with E-state index in [-0.39, 0.29) is 5.91 Å². The van der Waals surface area contributed by atoms with Gasteiger partial charge in [0.2, 0.25) is 5.91 Å². The Bertz CT molecular complexity index is 265. The van der Waals surface area contributed by atoms with Crippen LogP contribution in [0, 0.1) is 11.8 Å². The van der Waals surface area contributed by atoms with E-state index in [4.69, 9.17) is 10.5 Å². The molecule has 0 aromatic heterocycles. The summed E-state index contributed by atoms with van der Waals surface area (Å²) in [4.78, 5) is 12.0. The van der Waals surface area contributed by atoms with Crippen LogP contribution in [0.4, 0.5) is 0 Å². The number of carbonyl (C=O) groups is 1. The van der Waals surface area contributed by atoms with Crippen LogP contribution in [0.15, 0.2) is 0 Å². The molecule has 2 fully saturated rings. The third-order valence-electron chi connectivity index (χ3n) is 4.37. The third kappa shape index (κ3) is 3.95. The van der Waals surface area contributed by atoms with Crippen molar-refractivity contribution in [1.82, 2.24) is 5.32 Å². The van der Waals surface area contributed by atoms with E-state index >= 15 is 0 Å². The minimum atomic E-state index is 0.215. The maximum absolute atomic E-state index is 12.0. The molecule has 1 aliphatic heterocycles. The highest BCUT2D eigenvalue weighted by atomic mass is 16.5. The van der Waals surface area contributed by atoms with Crippen LogP contribution in [-0.4, -0.2) is 31.7 Å². The number of rotatable bonds is 4. The second kappa shape index (κ2) is 7.10. The van der Waals surface area contributed by atoms with Crippen molar-refractivity contribution >= 4 is 5.91 Å². The van der Waals surface area contributed by atoms with Crippen LogP contribution in [-0.2, 0) is 9.53 Å². The molecule has 1 saturated carbocycles. The van der Waals surface area contributed by atoms with Gasteiger partial charge in [-0.2, -0.15) is 0 Å². The highest BCUT2D eigenvalue weighted by Crippen LogP contribution is 2.24. The number of amides is 1. The summed E-state index contributed by atoms with van der Waals surface area (Å²) in [7, 11) is 0. The second-order valence-corrected chi connectivity index (χ2v) is 5.71. The summed E-state index contributed by atoms with van der Waals surface area (Å²) in [5.41, 5.74) is 5.79. The quantitative estimate of drug-likeness (QED) is 0.798. The van der Waals surface area contributed by atoms with Gasteiger partial charge in [-0.05, 0) is 44.1 Å². The third-order valence-corrected chi connectivity index (χ3v) is 4.37. The molecular formula is C14H26N2O2. The lowest BCUT2D eigenvalue weighted by molar-refractivity contribution is -0.124. The van der Waals surface area contributed by atoms with E-state index in [1.807, 2.05) is 0 Å². The minimum Gasteiger partial charge on any atom is -0.381 e.